The minimum atomic E-state index is -0.318. The van der Waals surface area contributed by atoms with Crippen molar-refractivity contribution in [2.75, 3.05) is 0 Å². The van der Waals surface area contributed by atoms with E-state index in [2.05, 4.69) is 10.1 Å². The molecule has 22 heavy (non-hydrogen) atoms. The molecule has 4 rings (SSSR count). The monoisotopic (exact) mass is 292 g/mol. The molecule has 0 N–H and O–H groups in total. The number of hydrogen-bond acceptors (Lipinski definition) is 2. The van der Waals surface area contributed by atoms with Crippen LogP contribution < -0.4 is 0 Å². The van der Waals surface area contributed by atoms with Gasteiger partial charge >= 0.3 is 0 Å². The predicted molar refractivity (Wildman–Crippen MR) is 82.8 cm³/mol. The summed E-state index contributed by atoms with van der Waals surface area (Å²) in [6.07, 6.45) is 5.48. The van der Waals surface area contributed by atoms with Gasteiger partial charge in [0.15, 0.2) is 5.95 Å². The number of benzene rings is 1. The van der Waals surface area contributed by atoms with Crippen molar-refractivity contribution in [1.29, 1.82) is 0 Å². The van der Waals surface area contributed by atoms with Gasteiger partial charge in [0, 0.05) is 24.4 Å². The molecule has 3 heterocycles. The Balaban J connectivity index is 1.79. The van der Waals surface area contributed by atoms with E-state index in [4.69, 9.17) is 0 Å². The third-order valence-corrected chi connectivity index (χ3v) is 3.70. The van der Waals surface area contributed by atoms with E-state index in [1.165, 1.54) is 10.5 Å². The van der Waals surface area contributed by atoms with Crippen molar-refractivity contribution in [2.45, 2.75) is 0 Å². The predicted octanol–water partition coefficient (Wildman–Crippen LogP) is 3.54. The second kappa shape index (κ2) is 4.80. The molecule has 0 unspecified atom stereocenters. The highest BCUT2D eigenvalue weighted by Gasteiger charge is 2.09. The highest BCUT2D eigenvalue weighted by atomic mass is 19.1. The van der Waals surface area contributed by atoms with Crippen LogP contribution in [0.5, 0.6) is 0 Å². The fourth-order valence-corrected chi connectivity index (χ4v) is 2.60. The van der Waals surface area contributed by atoms with Crippen molar-refractivity contribution < 1.29 is 4.39 Å². The average molecular weight is 292 g/mol. The van der Waals surface area contributed by atoms with Crippen molar-refractivity contribution in [3.05, 3.63) is 67.0 Å². The Morgan fingerprint density at radius 3 is 2.41 bits per heavy atom. The topological polar surface area (TPSA) is 35.1 Å². The maximum absolute atomic E-state index is 14.0. The number of imidazole rings is 1. The Morgan fingerprint density at radius 1 is 0.909 bits per heavy atom. The van der Waals surface area contributed by atoms with Crippen LogP contribution >= 0.6 is 0 Å². The molecule has 5 heteroatoms. The van der Waals surface area contributed by atoms with Gasteiger partial charge in [0.25, 0.3) is 0 Å². The SMILES string of the molecule is Cn1cc(-c2ccc(-c3cnc4cccc(F)n34)cc2)cn1. The molecule has 0 fully saturated rings. The summed E-state index contributed by atoms with van der Waals surface area (Å²) in [7, 11) is 1.89. The molecule has 108 valence electrons. The zero-order valence-corrected chi connectivity index (χ0v) is 11.9. The third-order valence-electron chi connectivity index (χ3n) is 3.70. The zero-order valence-electron chi connectivity index (χ0n) is 11.9. The molecule has 4 aromatic rings. The van der Waals surface area contributed by atoms with Gasteiger partial charge < -0.3 is 0 Å². The average Bonchev–Trinajstić information content (AvgIpc) is 3.15. The molecular weight excluding hydrogens is 279 g/mol. The lowest BCUT2D eigenvalue weighted by Gasteiger charge is -2.04. The summed E-state index contributed by atoms with van der Waals surface area (Å²) in [4.78, 5) is 4.25. The van der Waals surface area contributed by atoms with E-state index in [1.54, 1.807) is 23.0 Å². The summed E-state index contributed by atoms with van der Waals surface area (Å²) in [5.74, 6) is -0.318. The number of halogens is 1. The van der Waals surface area contributed by atoms with Gasteiger partial charge in [-0.2, -0.15) is 9.49 Å². The standard InChI is InChI=1S/C17H13FN4/c1-21-11-14(9-20-21)12-5-7-13(8-6-12)15-10-19-17-4-2-3-16(18)22(15)17/h2-11H,1H3. The van der Waals surface area contributed by atoms with Gasteiger partial charge in [-0.3, -0.25) is 9.08 Å². The van der Waals surface area contributed by atoms with Crippen molar-refractivity contribution >= 4 is 5.65 Å². The largest absolute Gasteiger partial charge is 0.275 e. The van der Waals surface area contributed by atoms with E-state index in [0.29, 0.717) is 5.65 Å². The minimum absolute atomic E-state index is 0.318. The quantitative estimate of drug-likeness (QED) is 0.530. The molecule has 0 aliphatic carbocycles. The maximum Gasteiger partial charge on any atom is 0.199 e. The van der Waals surface area contributed by atoms with Crippen molar-refractivity contribution in [3.63, 3.8) is 0 Å². The first kappa shape index (κ1) is 12.8. The van der Waals surface area contributed by atoms with Gasteiger partial charge in [0.1, 0.15) is 5.65 Å². The van der Waals surface area contributed by atoms with Crippen LogP contribution in [-0.4, -0.2) is 19.2 Å². The summed E-state index contributed by atoms with van der Waals surface area (Å²) < 4.78 is 17.3. The maximum atomic E-state index is 14.0. The summed E-state index contributed by atoms with van der Waals surface area (Å²) in [6.45, 7) is 0. The van der Waals surface area contributed by atoms with Crippen LogP contribution in [0.2, 0.25) is 0 Å². The molecule has 0 radical (unpaired) electrons. The number of rotatable bonds is 2. The van der Waals surface area contributed by atoms with Crippen molar-refractivity contribution in [3.8, 4) is 22.4 Å². The van der Waals surface area contributed by atoms with Crippen LogP contribution in [-0.2, 0) is 7.05 Å². The fourth-order valence-electron chi connectivity index (χ4n) is 2.60. The Labute approximate surface area is 126 Å². The van der Waals surface area contributed by atoms with Crippen LogP contribution in [0.3, 0.4) is 0 Å². The summed E-state index contributed by atoms with van der Waals surface area (Å²) in [5, 5.41) is 4.17. The third kappa shape index (κ3) is 1.98. The second-order valence-electron chi connectivity index (χ2n) is 5.17. The lowest BCUT2D eigenvalue weighted by Crippen LogP contribution is -1.94. The normalized spacial score (nSPS) is 11.2. The minimum Gasteiger partial charge on any atom is -0.275 e. The molecule has 0 aliphatic rings. The van der Waals surface area contributed by atoms with E-state index < -0.39 is 0 Å². The van der Waals surface area contributed by atoms with Crippen LogP contribution in [0.1, 0.15) is 0 Å². The molecule has 4 nitrogen and oxygen atoms in total. The Bertz CT molecular complexity index is 950. The van der Waals surface area contributed by atoms with Crippen LogP contribution in [0.4, 0.5) is 4.39 Å². The highest BCUT2D eigenvalue weighted by Crippen LogP contribution is 2.25. The van der Waals surface area contributed by atoms with Crippen molar-refractivity contribution in [1.82, 2.24) is 19.2 Å². The number of aromatic nitrogens is 4. The van der Waals surface area contributed by atoms with Crippen LogP contribution in [0.15, 0.2) is 61.1 Å². The van der Waals surface area contributed by atoms with Crippen LogP contribution in [0, 0.1) is 5.95 Å². The van der Waals surface area contributed by atoms with Gasteiger partial charge in [-0.15, -0.1) is 0 Å². The second-order valence-corrected chi connectivity index (χ2v) is 5.17. The van der Waals surface area contributed by atoms with E-state index in [1.807, 2.05) is 43.7 Å². The number of nitrogens with zero attached hydrogens (tertiary/aromatic N) is 4. The molecule has 3 aromatic heterocycles. The smallest absolute Gasteiger partial charge is 0.199 e. The Morgan fingerprint density at radius 2 is 1.68 bits per heavy atom. The van der Waals surface area contributed by atoms with Gasteiger partial charge in [-0.05, 0) is 17.7 Å². The first-order valence-corrected chi connectivity index (χ1v) is 6.94. The van der Waals surface area contributed by atoms with E-state index >= 15 is 0 Å². The van der Waals surface area contributed by atoms with Gasteiger partial charge in [0.2, 0.25) is 0 Å². The first-order valence-electron chi connectivity index (χ1n) is 6.94. The van der Waals surface area contributed by atoms with E-state index in [9.17, 15) is 4.39 Å². The number of pyridine rings is 1. The molecule has 0 bridgehead atoms. The van der Waals surface area contributed by atoms with Crippen molar-refractivity contribution in [2.24, 2.45) is 7.05 Å². The lowest BCUT2D eigenvalue weighted by atomic mass is 10.1. The van der Waals surface area contributed by atoms with Gasteiger partial charge in [-0.1, -0.05) is 30.3 Å². The summed E-state index contributed by atoms with van der Waals surface area (Å²) >= 11 is 0. The van der Waals surface area contributed by atoms with Crippen LogP contribution in [0.25, 0.3) is 28.0 Å². The molecule has 0 aliphatic heterocycles. The molecule has 0 spiro atoms. The Kier molecular flexibility index (Phi) is 2.79. The molecule has 0 amide bonds. The number of hydrogen-bond donors (Lipinski definition) is 0. The van der Waals surface area contributed by atoms with Gasteiger partial charge in [-0.25, -0.2) is 4.98 Å². The lowest BCUT2D eigenvalue weighted by molar-refractivity contribution is 0.569. The first-order chi connectivity index (χ1) is 10.7. The fraction of sp³-hybridized carbons (Fsp3) is 0.0588. The number of aryl methyl sites for hydroxylation is 1. The number of fused-ring (bicyclic) bond motifs is 1. The summed E-state index contributed by atoms with van der Waals surface area (Å²) in [5.41, 5.74) is 4.40. The molecule has 0 atom stereocenters. The highest BCUT2D eigenvalue weighted by molar-refractivity contribution is 5.69. The van der Waals surface area contributed by atoms with Gasteiger partial charge in [0.05, 0.1) is 18.1 Å². The molecule has 0 saturated carbocycles. The Hall–Kier alpha value is -2.95. The molecule has 1 aromatic carbocycles. The van der Waals surface area contributed by atoms with E-state index in [0.717, 1.165) is 22.4 Å². The molecular formula is C17H13FN4. The molecule has 0 saturated heterocycles. The van der Waals surface area contributed by atoms with E-state index in [-0.39, 0.29) is 5.95 Å². The summed E-state index contributed by atoms with van der Waals surface area (Å²) in [6, 6.07) is 12.8. The zero-order chi connectivity index (χ0) is 15.1.